The molecule has 2 N–H and O–H groups in total. The SMILES string of the molecule is COc1ccc(C2(c3ccc(OCCOC(=O)NCCCCCCNC(=O)OCCOc4ccc(C5(c6ccc(OC)cc6)C=Cc6c7c(c8ccccc8c6O5)-c5ccccc5C7(C)C)cc4)cc3)C=Cc3c4c(c5ccccc5c3O2)-c2ccccc2C4(C)C)cc1. The molecule has 0 spiro atoms. The van der Waals surface area contributed by atoms with Gasteiger partial charge >= 0.3 is 12.2 Å². The van der Waals surface area contributed by atoms with Crippen LogP contribution in [0.1, 0.15) is 109 Å². The topological polar surface area (TPSA) is 132 Å². The Balaban J connectivity index is 0.516. The second kappa shape index (κ2) is 25.2. The standard InChI is InChI=1S/C82H76N2O10/c1-79(2)69-25-15-13-23-65(69)71-61-19-9-11-21-63(61)75-67(73(71)79)43-45-81(93-75,53-27-35-57(87-5)36-28-53)55-31-39-59(40-32-55)89-49-51-91-77(85)83-47-17-7-8-18-48-84-78(86)92-52-50-90-60-41-33-56(34-42-60)82(54-29-37-58(88-6)38-30-54)46-44-68-74-72(62-20-10-12-22-64(62)76(68)94-82)66-24-14-16-26-70(66)80(74,3)4/h9-16,19-46H,7-8,17-18,47-52H2,1-6H3,(H,83,85)(H,84,86). The number of amides is 2. The number of methoxy groups -OCH3 is 2. The molecule has 0 saturated heterocycles. The summed E-state index contributed by atoms with van der Waals surface area (Å²) >= 11 is 0. The number of hydrogen-bond acceptors (Lipinski definition) is 10. The number of alkyl carbamates (subject to hydrolysis) is 2. The first-order valence-corrected chi connectivity index (χ1v) is 32.5. The van der Waals surface area contributed by atoms with E-state index in [0.717, 1.165) is 92.8 Å². The van der Waals surface area contributed by atoms with Crippen molar-refractivity contribution in [2.24, 2.45) is 0 Å². The first-order valence-electron chi connectivity index (χ1n) is 32.5. The van der Waals surface area contributed by atoms with Gasteiger partial charge in [0.2, 0.25) is 0 Å². The van der Waals surface area contributed by atoms with Crippen LogP contribution in [-0.2, 0) is 31.5 Å². The minimum Gasteiger partial charge on any atom is -0.497 e. The Hall–Kier alpha value is -10.5. The van der Waals surface area contributed by atoms with Gasteiger partial charge in [-0.2, -0.15) is 0 Å². The molecule has 0 aromatic heterocycles. The van der Waals surface area contributed by atoms with Crippen molar-refractivity contribution in [1.29, 1.82) is 0 Å². The summed E-state index contributed by atoms with van der Waals surface area (Å²) in [5.41, 5.74) is 13.8. The van der Waals surface area contributed by atoms with Gasteiger partial charge in [0.15, 0.2) is 11.2 Å². The Morgan fingerprint density at radius 3 is 1.11 bits per heavy atom. The first kappa shape index (κ1) is 61.1. The predicted octanol–water partition coefficient (Wildman–Crippen LogP) is 17.8. The summed E-state index contributed by atoms with van der Waals surface area (Å²) in [4.78, 5) is 25.2. The zero-order valence-electron chi connectivity index (χ0n) is 53.9. The van der Waals surface area contributed by atoms with Crippen LogP contribution in [0, 0.1) is 0 Å². The Kier molecular flexibility index (Phi) is 16.4. The molecule has 12 nitrogen and oxygen atoms in total. The van der Waals surface area contributed by atoms with E-state index in [9.17, 15) is 9.59 Å². The molecule has 0 bridgehead atoms. The molecule has 474 valence electrons. The Labute approximate surface area is 549 Å². The van der Waals surface area contributed by atoms with Gasteiger partial charge < -0.3 is 48.5 Å². The van der Waals surface area contributed by atoms with E-state index in [2.05, 4.69) is 184 Å². The first-order chi connectivity index (χ1) is 45.8. The van der Waals surface area contributed by atoms with E-state index in [4.69, 9.17) is 37.9 Å². The Bertz CT molecular complexity index is 4280. The van der Waals surface area contributed by atoms with Crippen molar-refractivity contribution >= 4 is 45.9 Å². The number of ether oxygens (including phenoxy) is 8. The van der Waals surface area contributed by atoms with Crippen molar-refractivity contribution in [1.82, 2.24) is 10.6 Å². The number of nitrogens with one attached hydrogen (secondary N) is 2. The highest BCUT2D eigenvalue weighted by atomic mass is 16.6. The molecule has 94 heavy (non-hydrogen) atoms. The van der Waals surface area contributed by atoms with Crippen molar-refractivity contribution in [2.45, 2.75) is 75.4 Å². The number of fused-ring (bicyclic) bond motifs is 16. The monoisotopic (exact) mass is 1250 g/mol. The molecular formula is C82H76N2O10. The fraction of sp³-hybridized carbons (Fsp3) is 0.244. The van der Waals surface area contributed by atoms with Crippen LogP contribution in [0.5, 0.6) is 34.5 Å². The summed E-state index contributed by atoms with van der Waals surface area (Å²) in [5.74, 6) is 4.49. The molecule has 2 aliphatic carbocycles. The van der Waals surface area contributed by atoms with Crippen molar-refractivity contribution in [3.8, 4) is 56.8 Å². The van der Waals surface area contributed by atoms with Gasteiger partial charge in [-0.3, -0.25) is 0 Å². The van der Waals surface area contributed by atoms with Crippen molar-refractivity contribution in [2.75, 3.05) is 53.7 Å². The number of hydrogen-bond donors (Lipinski definition) is 2. The van der Waals surface area contributed by atoms with E-state index in [1.54, 1.807) is 14.2 Å². The lowest BCUT2D eigenvalue weighted by atomic mass is 9.77. The predicted molar refractivity (Wildman–Crippen MR) is 371 cm³/mol. The molecule has 4 aliphatic rings. The van der Waals surface area contributed by atoms with Crippen LogP contribution in [0.25, 0.3) is 56.0 Å². The third kappa shape index (κ3) is 10.9. The van der Waals surface area contributed by atoms with Gasteiger partial charge in [0.25, 0.3) is 0 Å². The number of carbonyl (C=O) groups is 2. The van der Waals surface area contributed by atoms with Crippen LogP contribution < -0.4 is 39.1 Å². The van der Waals surface area contributed by atoms with Gasteiger partial charge in [-0.05, 0) is 129 Å². The fourth-order valence-electron chi connectivity index (χ4n) is 14.7. The van der Waals surface area contributed by atoms with E-state index >= 15 is 0 Å². The van der Waals surface area contributed by atoms with Gasteiger partial charge in [0, 0.05) is 68.1 Å². The molecule has 0 saturated carbocycles. The van der Waals surface area contributed by atoms with E-state index in [1.165, 1.54) is 55.3 Å². The summed E-state index contributed by atoms with van der Waals surface area (Å²) in [6, 6.07) is 66.6. The third-order valence-corrected chi connectivity index (χ3v) is 19.3. The van der Waals surface area contributed by atoms with Crippen LogP contribution in [0.15, 0.2) is 206 Å². The zero-order chi connectivity index (χ0) is 64.6. The maximum absolute atomic E-state index is 12.6. The lowest BCUT2D eigenvalue weighted by molar-refractivity contribution is 0.124. The maximum Gasteiger partial charge on any atom is 0.407 e. The molecule has 0 fully saturated rings. The van der Waals surface area contributed by atoms with Crippen LogP contribution in [-0.4, -0.2) is 65.9 Å². The average molecular weight is 1250 g/mol. The van der Waals surface area contributed by atoms with Crippen molar-refractivity contribution in [3.05, 3.63) is 262 Å². The molecule has 2 amide bonds. The molecule has 2 heterocycles. The molecule has 2 aliphatic heterocycles. The lowest BCUT2D eigenvalue weighted by Gasteiger charge is -2.38. The normalized spacial score (nSPS) is 17.0. The summed E-state index contributed by atoms with van der Waals surface area (Å²) < 4.78 is 49.1. The third-order valence-electron chi connectivity index (χ3n) is 19.3. The summed E-state index contributed by atoms with van der Waals surface area (Å²) in [5, 5.41) is 10.1. The number of benzene rings is 10. The van der Waals surface area contributed by atoms with E-state index in [1.807, 2.05) is 72.8 Å². The fourth-order valence-corrected chi connectivity index (χ4v) is 14.7. The Morgan fingerprint density at radius 2 is 0.734 bits per heavy atom. The number of rotatable bonds is 21. The number of unbranched alkanes of at least 4 members (excludes halogenated alkanes) is 3. The quantitative estimate of drug-likeness (QED) is 0.0670. The molecule has 12 heteroatoms. The smallest absolute Gasteiger partial charge is 0.407 e. The average Bonchev–Trinajstić information content (AvgIpc) is 1.47. The molecule has 0 radical (unpaired) electrons. The van der Waals surface area contributed by atoms with Gasteiger partial charge in [-0.25, -0.2) is 9.59 Å². The highest BCUT2D eigenvalue weighted by Crippen LogP contribution is 2.60. The maximum atomic E-state index is 12.6. The minimum atomic E-state index is -0.969. The van der Waals surface area contributed by atoms with Gasteiger partial charge in [0.05, 0.1) is 14.2 Å². The highest BCUT2D eigenvalue weighted by molar-refractivity contribution is 6.10. The lowest BCUT2D eigenvalue weighted by Crippen LogP contribution is -2.35. The van der Waals surface area contributed by atoms with Crippen LogP contribution in [0.2, 0.25) is 0 Å². The molecule has 10 aromatic carbocycles. The van der Waals surface area contributed by atoms with E-state index in [-0.39, 0.29) is 37.3 Å². The van der Waals surface area contributed by atoms with Crippen molar-refractivity contribution in [3.63, 3.8) is 0 Å². The Morgan fingerprint density at radius 1 is 0.394 bits per heavy atom. The largest absolute Gasteiger partial charge is 0.497 e. The van der Waals surface area contributed by atoms with E-state index < -0.39 is 23.4 Å². The van der Waals surface area contributed by atoms with Crippen LogP contribution >= 0.6 is 0 Å². The van der Waals surface area contributed by atoms with Gasteiger partial charge in [0.1, 0.15) is 60.9 Å². The molecule has 2 unspecified atom stereocenters. The summed E-state index contributed by atoms with van der Waals surface area (Å²) in [7, 11) is 3.34. The summed E-state index contributed by atoms with van der Waals surface area (Å²) in [6.45, 7) is 10.7. The highest BCUT2D eigenvalue weighted by Gasteiger charge is 2.46. The minimum absolute atomic E-state index is 0.0798. The molecule has 2 atom stereocenters. The van der Waals surface area contributed by atoms with Gasteiger partial charge in [-0.15, -0.1) is 0 Å². The van der Waals surface area contributed by atoms with Gasteiger partial charge in [-0.1, -0.05) is 198 Å². The molecule has 10 aromatic rings. The van der Waals surface area contributed by atoms with Crippen LogP contribution in [0.3, 0.4) is 0 Å². The molecule has 14 rings (SSSR count). The van der Waals surface area contributed by atoms with Crippen molar-refractivity contribution < 1.29 is 47.5 Å². The summed E-state index contributed by atoms with van der Waals surface area (Å²) in [6.07, 6.45) is 11.1. The van der Waals surface area contributed by atoms with E-state index in [0.29, 0.717) is 24.6 Å². The molecular weight excluding hydrogens is 1170 g/mol. The number of carbonyl (C=O) groups excluding carboxylic acids is 2. The second-order valence-electron chi connectivity index (χ2n) is 25.5. The van der Waals surface area contributed by atoms with Crippen LogP contribution in [0.4, 0.5) is 9.59 Å². The zero-order valence-corrected chi connectivity index (χ0v) is 53.9. The second-order valence-corrected chi connectivity index (χ2v) is 25.5.